The molecule has 0 saturated carbocycles. The second kappa shape index (κ2) is 7.68. The minimum Gasteiger partial charge on any atom is -0.350 e. The van der Waals surface area contributed by atoms with Crippen molar-refractivity contribution in [2.75, 3.05) is 5.32 Å². The number of nitrogens with zero attached hydrogens (tertiary/aromatic N) is 2. The first-order valence-electron chi connectivity index (χ1n) is 8.68. The summed E-state index contributed by atoms with van der Waals surface area (Å²) in [6.45, 7) is 0. The molecule has 4 aromatic rings. The van der Waals surface area contributed by atoms with Gasteiger partial charge >= 0.3 is 0 Å². The molecular weight excluding hydrogens is 354 g/mol. The number of benzene rings is 2. The van der Waals surface area contributed by atoms with Crippen LogP contribution >= 0.6 is 11.8 Å². The van der Waals surface area contributed by atoms with E-state index in [2.05, 4.69) is 16.4 Å². The van der Waals surface area contributed by atoms with Crippen LogP contribution in [0.25, 0.3) is 10.9 Å². The third-order valence-electron chi connectivity index (χ3n) is 4.42. The van der Waals surface area contributed by atoms with Gasteiger partial charge in [-0.05, 0) is 54.1 Å². The maximum atomic E-state index is 12.6. The zero-order chi connectivity index (χ0) is 18.6. The summed E-state index contributed by atoms with van der Waals surface area (Å²) < 4.78 is 2.04. The highest BCUT2D eigenvalue weighted by Gasteiger charge is 2.10. The van der Waals surface area contributed by atoms with Crippen LogP contribution in [-0.4, -0.2) is 15.5 Å². The van der Waals surface area contributed by atoms with E-state index in [-0.39, 0.29) is 5.91 Å². The Labute approximate surface area is 162 Å². The number of pyridine rings is 1. The number of carbonyl (C=O) groups is 1. The fourth-order valence-electron chi connectivity index (χ4n) is 2.96. The molecule has 0 bridgehead atoms. The molecule has 0 aliphatic heterocycles. The zero-order valence-electron chi connectivity index (χ0n) is 14.9. The van der Waals surface area contributed by atoms with Crippen LogP contribution in [0.15, 0.2) is 84.1 Å². The van der Waals surface area contributed by atoms with Gasteiger partial charge in [-0.15, -0.1) is 11.8 Å². The molecular formula is C22H19N3OS. The van der Waals surface area contributed by atoms with E-state index >= 15 is 0 Å². The first kappa shape index (κ1) is 17.4. The van der Waals surface area contributed by atoms with Gasteiger partial charge in [-0.1, -0.05) is 12.1 Å². The number of aromatic nitrogens is 2. The van der Waals surface area contributed by atoms with Gasteiger partial charge in [-0.25, -0.2) is 0 Å². The number of hydrogen-bond acceptors (Lipinski definition) is 3. The first-order valence-corrected chi connectivity index (χ1v) is 9.66. The van der Waals surface area contributed by atoms with Crippen LogP contribution in [0.5, 0.6) is 0 Å². The second-order valence-electron chi connectivity index (χ2n) is 6.29. The van der Waals surface area contributed by atoms with E-state index in [0.29, 0.717) is 5.56 Å². The van der Waals surface area contributed by atoms with Crippen LogP contribution < -0.4 is 5.32 Å². The average Bonchev–Trinajstić information content (AvgIpc) is 3.10. The molecule has 27 heavy (non-hydrogen) atoms. The Kier molecular flexibility index (Phi) is 4.94. The van der Waals surface area contributed by atoms with Crippen molar-refractivity contribution in [2.24, 2.45) is 7.05 Å². The van der Waals surface area contributed by atoms with E-state index in [4.69, 9.17) is 0 Å². The van der Waals surface area contributed by atoms with E-state index in [0.717, 1.165) is 27.2 Å². The molecule has 0 fully saturated rings. The molecule has 1 N–H and O–H groups in total. The van der Waals surface area contributed by atoms with Crippen LogP contribution in [-0.2, 0) is 12.8 Å². The number of aryl methyl sites for hydroxylation is 1. The first-order chi connectivity index (χ1) is 13.2. The molecule has 0 unspecified atom stereocenters. The summed E-state index contributed by atoms with van der Waals surface area (Å²) in [5, 5.41) is 4.06. The lowest BCUT2D eigenvalue weighted by atomic mass is 10.2. The van der Waals surface area contributed by atoms with Gasteiger partial charge in [0.1, 0.15) is 0 Å². The Balaban J connectivity index is 1.44. The topological polar surface area (TPSA) is 46.9 Å². The monoisotopic (exact) mass is 373 g/mol. The maximum absolute atomic E-state index is 12.6. The standard InChI is InChI=1S/C22H19N3OS/c1-25-13-11-19-20(5-2-6-21(19)25)24-22(26)17-7-9-18(10-8-17)27-15-16-4-3-12-23-14-16/h2-14H,15H2,1H3,(H,24,26). The molecule has 0 radical (unpaired) electrons. The lowest BCUT2D eigenvalue weighted by Gasteiger charge is -2.08. The number of rotatable bonds is 5. The summed E-state index contributed by atoms with van der Waals surface area (Å²) in [7, 11) is 2.00. The molecule has 4 nitrogen and oxygen atoms in total. The fourth-order valence-corrected chi connectivity index (χ4v) is 3.79. The predicted octanol–water partition coefficient (Wildman–Crippen LogP) is 5.12. The van der Waals surface area contributed by atoms with E-state index in [1.54, 1.807) is 18.0 Å². The number of thioether (sulfide) groups is 1. The summed E-state index contributed by atoms with van der Waals surface area (Å²) >= 11 is 1.73. The molecule has 4 rings (SSSR count). The molecule has 0 saturated heterocycles. The Morgan fingerprint density at radius 3 is 2.70 bits per heavy atom. The molecule has 1 amide bonds. The SMILES string of the molecule is Cn1ccc2c(NC(=O)c3ccc(SCc4cccnc4)cc3)cccc21. The number of fused-ring (bicyclic) bond motifs is 1. The molecule has 0 atom stereocenters. The van der Waals surface area contributed by atoms with Gasteiger partial charge in [0.2, 0.25) is 0 Å². The maximum Gasteiger partial charge on any atom is 0.255 e. The minimum atomic E-state index is -0.102. The number of anilines is 1. The van der Waals surface area contributed by atoms with Crippen molar-refractivity contribution in [3.63, 3.8) is 0 Å². The molecule has 0 aliphatic carbocycles. The van der Waals surface area contributed by atoms with Crippen molar-refractivity contribution in [1.29, 1.82) is 0 Å². The molecule has 2 heterocycles. The molecule has 5 heteroatoms. The average molecular weight is 373 g/mol. The summed E-state index contributed by atoms with van der Waals surface area (Å²) in [6.07, 6.45) is 5.64. The van der Waals surface area contributed by atoms with E-state index in [9.17, 15) is 4.79 Å². The van der Waals surface area contributed by atoms with Gasteiger partial charge in [-0.2, -0.15) is 0 Å². The van der Waals surface area contributed by atoms with Crippen LogP contribution in [0.4, 0.5) is 5.69 Å². The van der Waals surface area contributed by atoms with Crippen LogP contribution in [0.2, 0.25) is 0 Å². The number of amides is 1. The summed E-state index contributed by atoms with van der Waals surface area (Å²) in [6, 6.07) is 19.6. The molecule has 134 valence electrons. The van der Waals surface area contributed by atoms with Crippen LogP contribution in [0.3, 0.4) is 0 Å². The Morgan fingerprint density at radius 1 is 1.07 bits per heavy atom. The minimum absolute atomic E-state index is 0.102. The highest BCUT2D eigenvalue weighted by molar-refractivity contribution is 7.98. The quantitative estimate of drug-likeness (QED) is 0.494. The van der Waals surface area contributed by atoms with Gasteiger partial charge in [0.25, 0.3) is 5.91 Å². The smallest absolute Gasteiger partial charge is 0.255 e. The Bertz CT molecular complexity index is 1070. The van der Waals surface area contributed by atoms with Gasteiger partial charge < -0.3 is 9.88 Å². The van der Waals surface area contributed by atoms with Gasteiger partial charge in [0.15, 0.2) is 0 Å². The largest absolute Gasteiger partial charge is 0.350 e. The lowest BCUT2D eigenvalue weighted by molar-refractivity contribution is 0.102. The van der Waals surface area contributed by atoms with E-state index in [1.165, 1.54) is 5.56 Å². The normalized spacial score (nSPS) is 10.9. The number of hydrogen-bond donors (Lipinski definition) is 1. The molecule has 0 aliphatic rings. The highest BCUT2D eigenvalue weighted by atomic mass is 32.2. The van der Waals surface area contributed by atoms with E-state index < -0.39 is 0 Å². The number of carbonyl (C=O) groups excluding carboxylic acids is 1. The van der Waals surface area contributed by atoms with E-state index in [1.807, 2.05) is 78.6 Å². The summed E-state index contributed by atoms with van der Waals surface area (Å²) in [5.41, 5.74) is 3.75. The molecule has 2 aromatic heterocycles. The van der Waals surface area contributed by atoms with Crippen LogP contribution in [0.1, 0.15) is 15.9 Å². The van der Waals surface area contributed by atoms with Gasteiger partial charge in [0.05, 0.1) is 5.69 Å². The third kappa shape index (κ3) is 3.88. The third-order valence-corrected chi connectivity index (χ3v) is 5.50. The zero-order valence-corrected chi connectivity index (χ0v) is 15.7. The summed E-state index contributed by atoms with van der Waals surface area (Å²) in [5.74, 6) is 0.755. The van der Waals surface area contributed by atoms with Crippen molar-refractivity contribution in [3.8, 4) is 0 Å². The van der Waals surface area contributed by atoms with Crippen molar-refractivity contribution < 1.29 is 4.79 Å². The molecule has 0 spiro atoms. The number of nitrogens with one attached hydrogen (secondary N) is 1. The highest BCUT2D eigenvalue weighted by Crippen LogP contribution is 2.25. The van der Waals surface area contributed by atoms with Gasteiger partial charge in [-0.3, -0.25) is 9.78 Å². The fraction of sp³-hybridized carbons (Fsp3) is 0.0909. The predicted molar refractivity (Wildman–Crippen MR) is 111 cm³/mol. The van der Waals surface area contributed by atoms with Crippen molar-refractivity contribution in [1.82, 2.24) is 9.55 Å². The van der Waals surface area contributed by atoms with Crippen molar-refractivity contribution >= 4 is 34.3 Å². The Hall–Kier alpha value is -3.05. The van der Waals surface area contributed by atoms with Gasteiger partial charge in [0, 0.05) is 52.8 Å². The van der Waals surface area contributed by atoms with Crippen molar-refractivity contribution in [3.05, 3.63) is 90.4 Å². The van der Waals surface area contributed by atoms with Crippen molar-refractivity contribution in [2.45, 2.75) is 10.6 Å². The molecule has 2 aromatic carbocycles. The summed E-state index contributed by atoms with van der Waals surface area (Å²) in [4.78, 5) is 17.9. The Morgan fingerprint density at radius 2 is 1.93 bits per heavy atom. The second-order valence-corrected chi connectivity index (χ2v) is 7.34. The lowest BCUT2D eigenvalue weighted by Crippen LogP contribution is -2.11. The van der Waals surface area contributed by atoms with Crippen LogP contribution in [0, 0.1) is 0 Å².